The first-order valence-corrected chi connectivity index (χ1v) is 4.60. The van der Waals surface area contributed by atoms with Crippen LogP contribution in [0.5, 0.6) is 0 Å². The second-order valence-electron chi connectivity index (χ2n) is 3.05. The normalized spacial score (nSPS) is 13.6. The standard InChI is InChI=1S/C9H10ClN3O2/c1-6(8(11)5-13(14)15)7-2-3-9(10)12-4-7/h2-6H,11H2,1H3. The topological polar surface area (TPSA) is 82.0 Å². The van der Waals surface area contributed by atoms with E-state index in [0.29, 0.717) is 5.15 Å². The number of allylic oxidation sites excluding steroid dienone is 1. The molecule has 1 rings (SSSR count). The van der Waals surface area contributed by atoms with E-state index in [0.717, 1.165) is 11.8 Å². The van der Waals surface area contributed by atoms with Gasteiger partial charge in [0.2, 0.25) is 0 Å². The summed E-state index contributed by atoms with van der Waals surface area (Å²) < 4.78 is 0. The maximum absolute atomic E-state index is 10.2. The molecule has 80 valence electrons. The first-order valence-electron chi connectivity index (χ1n) is 4.23. The highest BCUT2D eigenvalue weighted by Crippen LogP contribution is 2.20. The molecule has 6 heteroatoms. The van der Waals surface area contributed by atoms with Crippen molar-refractivity contribution in [1.82, 2.24) is 4.98 Å². The highest BCUT2D eigenvalue weighted by Gasteiger charge is 2.11. The number of pyridine rings is 1. The number of nitrogens with two attached hydrogens (primary N) is 1. The molecular formula is C9H10ClN3O2. The van der Waals surface area contributed by atoms with E-state index in [1.165, 1.54) is 0 Å². The van der Waals surface area contributed by atoms with Crippen LogP contribution in [0.1, 0.15) is 18.4 Å². The molecule has 0 aliphatic carbocycles. The summed E-state index contributed by atoms with van der Waals surface area (Å²) in [6, 6.07) is 3.35. The van der Waals surface area contributed by atoms with E-state index in [2.05, 4.69) is 4.98 Å². The van der Waals surface area contributed by atoms with Gasteiger partial charge in [-0.25, -0.2) is 4.98 Å². The van der Waals surface area contributed by atoms with Gasteiger partial charge < -0.3 is 5.73 Å². The van der Waals surface area contributed by atoms with Crippen LogP contribution in [-0.2, 0) is 0 Å². The monoisotopic (exact) mass is 227 g/mol. The minimum Gasteiger partial charge on any atom is -0.397 e. The van der Waals surface area contributed by atoms with Crippen LogP contribution < -0.4 is 5.73 Å². The fourth-order valence-corrected chi connectivity index (χ4v) is 1.18. The fraction of sp³-hybridized carbons (Fsp3) is 0.222. The summed E-state index contributed by atoms with van der Waals surface area (Å²) in [6.45, 7) is 1.76. The van der Waals surface area contributed by atoms with Crippen LogP contribution >= 0.6 is 11.6 Å². The SMILES string of the molecule is CC(C(N)=C[N+](=O)[O-])c1ccc(Cl)nc1. The largest absolute Gasteiger partial charge is 0.397 e. The van der Waals surface area contributed by atoms with Gasteiger partial charge in [0.1, 0.15) is 5.15 Å². The van der Waals surface area contributed by atoms with Crippen molar-refractivity contribution in [3.8, 4) is 0 Å². The molecule has 0 spiro atoms. The third kappa shape index (κ3) is 3.21. The number of halogens is 1. The predicted molar refractivity (Wildman–Crippen MR) is 56.9 cm³/mol. The van der Waals surface area contributed by atoms with Gasteiger partial charge in [-0.05, 0) is 11.6 Å². The van der Waals surface area contributed by atoms with Crippen molar-refractivity contribution in [1.29, 1.82) is 0 Å². The molecule has 0 aromatic carbocycles. The first-order chi connectivity index (χ1) is 7.00. The van der Waals surface area contributed by atoms with E-state index in [4.69, 9.17) is 17.3 Å². The van der Waals surface area contributed by atoms with Crippen LogP contribution in [0.25, 0.3) is 0 Å². The first kappa shape index (κ1) is 11.5. The van der Waals surface area contributed by atoms with E-state index in [1.54, 1.807) is 25.3 Å². The zero-order valence-corrected chi connectivity index (χ0v) is 8.81. The average molecular weight is 228 g/mol. The van der Waals surface area contributed by atoms with Crippen molar-refractivity contribution >= 4 is 11.6 Å². The van der Waals surface area contributed by atoms with Crippen molar-refractivity contribution in [3.63, 3.8) is 0 Å². The van der Waals surface area contributed by atoms with Gasteiger partial charge in [0.25, 0.3) is 6.20 Å². The highest BCUT2D eigenvalue weighted by molar-refractivity contribution is 6.29. The summed E-state index contributed by atoms with van der Waals surface area (Å²) in [5.74, 6) is -0.250. The summed E-state index contributed by atoms with van der Waals surface area (Å²) in [6.07, 6.45) is 2.34. The lowest BCUT2D eigenvalue weighted by molar-refractivity contribution is -0.403. The van der Waals surface area contributed by atoms with Gasteiger partial charge in [-0.3, -0.25) is 10.1 Å². The Bertz CT molecular complexity index is 389. The van der Waals surface area contributed by atoms with Gasteiger partial charge in [0.15, 0.2) is 0 Å². The number of nitro groups is 1. The number of aromatic nitrogens is 1. The quantitative estimate of drug-likeness (QED) is 0.486. The Kier molecular flexibility index (Phi) is 3.62. The van der Waals surface area contributed by atoms with Crippen LogP contribution in [0, 0.1) is 10.1 Å². The summed E-state index contributed by atoms with van der Waals surface area (Å²) in [7, 11) is 0. The number of hydrogen-bond acceptors (Lipinski definition) is 4. The molecule has 0 aliphatic heterocycles. The molecule has 0 aliphatic rings. The Hall–Kier alpha value is -1.62. The lowest BCUT2D eigenvalue weighted by Crippen LogP contribution is -2.09. The Morgan fingerprint density at radius 1 is 1.73 bits per heavy atom. The van der Waals surface area contributed by atoms with Gasteiger partial charge in [-0.2, -0.15) is 0 Å². The van der Waals surface area contributed by atoms with Crippen LogP contribution in [-0.4, -0.2) is 9.91 Å². The maximum Gasteiger partial charge on any atom is 0.253 e. The molecule has 0 saturated heterocycles. The molecule has 1 aromatic rings. The third-order valence-electron chi connectivity index (χ3n) is 2.00. The third-order valence-corrected chi connectivity index (χ3v) is 2.23. The summed E-state index contributed by atoms with van der Waals surface area (Å²) in [5.41, 5.74) is 6.52. The Balaban J connectivity index is 2.89. The van der Waals surface area contributed by atoms with Crippen LogP contribution in [0.4, 0.5) is 0 Å². The minimum absolute atomic E-state index is 0.184. The molecule has 1 aromatic heterocycles. The van der Waals surface area contributed by atoms with Crippen molar-refractivity contribution in [3.05, 3.63) is 51.1 Å². The molecule has 15 heavy (non-hydrogen) atoms. The molecule has 0 radical (unpaired) electrons. The highest BCUT2D eigenvalue weighted by atomic mass is 35.5. The molecule has 1 atom stereocenters. The van der Waals surface area contributed by atoms with Gasteiger partial charge in [0.05, 0.1) is 10.6 Å². The summed E-state index contributed by atoms with van der Waals surface area (Å²) >= 11 is 5.62. The maximum atomic E-state index is 10.2. The Morgan fingerprint density at radius 3 is 2.87 bits per heavy atom. The molecule has 1 unspecified atom stereocenters. The van der Waals surface area contributed by atoms with Crippen molar-refractivity contribution in [2.75, 3.05) is 0 Å². The lowest BCUT2D eigenvalue weighted by atomic mass is 10.0. The Labute approximate surface area is 91.7 Å². The fourth-order valence-electron chi connectivity index (χ4n) is 1.07. The summed E-state index contributed by atoms with van der Waals surface area (Å²) in [4.78, 5) is 13.5. The van der Waals surface area contributed by atoms with Gasteiger partial charge in [-0.1, -0.05) is 24.6 Å². The minimum atomic E-state index is -0.574. The van der Waals surface area contributed by atoms with Crippen molar-refractivity contribution in [2.24, 2.45) is 5.73 Å². The number of hydrogen-bond donors (Lipinski definition) is 1. The van der Waals surface area contributed by atoms with Crippen LogP contribution in [0.2, 0.25) is 5.15 Å². The molecule has 5 nitrogen and oxygen atoms in total. The van der Waals surface area contributed by atoms with E-state index in [9.17, 15) is 10.1 Å². The van der Waals surface area contributed by atoms with E-state index >= 15 is 0 Å². The molecule has 0 fully saturated rings. The molecular weight excluding hydrogens is 218 g/mol. The second kappa shape index (κ2) is 4.75. The van der Waals surface area contributed by atoms with E-state index in [1.807, 2.05) is 0 Å². The second-order valence-corrected chi connectivity index (χ2v) is 3.44. The molecule has 2 N–H and O–H groups in total. The molecule has 1 heterocycles. The van der Waals surface area contributed by atoms with Crippen LogP contribution in [0.15, 0.2) is 30.2 Å². The molecule has 0 amide bonds. The van der Waals surface area contributed by atoms with E-state index in [-0.39, 0.29) is 11.6 Å². The molecule has 0 bridgehead atoms. The Morgan fingerprint density at radius 2 is 2.40 bits per heavy atom. The van der Waals surface area contributed by atoms with E-state index < -0.39 is 4.92 Å². The van der Waals surface area contributed by atoms with Crippen molar-refractivity contribution < 1.29 is 4.92 Å². The van der Waals surface area contributed by atoms with Crippen LogP contribution in [0.3, 0.4) is 0 Å². The average Bonchev–Trinajstić information content (AvgIpc) is 2.17. The number of rotatable bonds is 3. The van der Waals surface area contributed by atoms with Crippen molar-refractivity contribution in [2.45, 2.75) is 12.8 Å². The zero-order valence-electron chi connectivity index (χ0n) is 8.05. The predicted octanol–water partition coefficient (Wildman–Crippen LogP) is 1.92. The molecule has 0 saturated carbocycles. The van der Waals surface area contributed by atoms with Gasteiger partial charge in [0, 0.05) is 12.1 Å². The smallest absolute Gasteiger partial charge is 0.253 e. The van der Waals surface area contributed by atoms with Gasteiger partial charge >= 0.3 is 0 Å². The summed E-state index contributed by atoms with van der Waals surface area (Å²) in [5, 5.41) is 10.6. The number of nitrogens with zero attached hydrogens (tertiary/aromatic N) is 2. The van der Waals surface area contributed by atoms with Gasteiger partial charge in [-0.15, -0.1) is 0 Å². The lowest BCUT2D eigenvalue weighted by Gasteiger charge is -2.09. The zero-order chi connectivity index (χ0) is 11.4.